The van der Waals surface area contributed by atoms with E-state index in [0.29, 0.717) is 6.42 Å². The number of hydrogen-bond acceptors (Lipinski definition) is 2. The van der Waals surface area contributed by atoms with E-state index in [4.69, 9.17) is 10.2 Å². The van der Waals surface area contributed by atoms with E-state index in [0.717, 1.165) is 22.3 Å². The van der Waals surface area contributed by atoms with Crippen molar-refractivity contribution in [2.45, 2.75) is 26.3 Å². The Morgan fingerprint density at radius 3 is 2.87 bits per heavy atom. The van der Waals surface area contributed by atoms with Crippen LogP contribution in [0.4, 0.5) is 4.39 Å². The van der Waals surface area contributed by atoms with Gasteiger partial charge in [-0.15, -0.1) is 0 Å². The first kappa shape index (κ1) is 10.2. The highest BCUT2D eigenvalue weighted by Crippen LogP contribution is 2.26. The Morgan fingerprint density at radius 2 is 2.20 bits per heavy atom. The lowest BCUT2D eigenvalue weighted by atomic mass is 10.0. The van der Waals surface area contributed by atoms with Crippen molar-refractivity contribution in [1.82, 2.24) is 0 Å². The highest BCUT2D eigenvalue weighted by molar-refractivity contribution is 5.82. The highest BCUT2D eigenvalue weighted by Gasteiger charge is 2.12. The first-order valence-electron chi connectivity index (χ1n) is 5.01. The molecule has 1 heterocycles. The van der Waals surface area contributed by atoms with Crippen LogP contribution in [0, 0.1) is 12.7 Å². The first-order valence-corrected chi connectivity index (χ1v) is 5.01. The minimum Gasteiger partial charge on any atom is -0.461 e. The summed E-state index contributed by atoms with van der Waals surface area (Å²) in [7, 11) is 0. The molecule has 2 nitrogen and oxygen atoms in total. The maximum atomic E-state index is 13.1. The van der Waals surface area contributed by atoms with Crippen molar-refractivity contribution < 1.29 is 8.81 Å². The number of benzene rings is 1. The van der Waals surface area contributed by atoms with Gasteiger partial charge in [-0.1, -0.05) is 0 Å². The van der Waals surface area contributed by atoms with Crippen molar-refractivity contribution in [2.24, 2.45) is 5.73 Å². The van der Waals surface area contributed by atoms with Crippen molar-refractivity contribution in [3.63, 3.8) is 0 Å². The second-order valence-electron chi connectivity index (χ2n) is 3.96. The van der Waals surface area contributed by atoms with Gasteiger partial charge in [-0.2, -0.15) is 0 Å². The molecule has 0 bridgehead atoms. The Kier molecular flexibility index (Phi) is 2.49. The fourth-order valence-electron chi connectivity index (χ4n) is 1.82. The fourth-order valence-corrected chi connectivity index (χ4v) is 1.82. The summed E-state index contributed by atoms with van der Waals surface area (Å²) in [5.74, 6) is 0.585. The van der Waals surface area contributed by atoms with E-state index in [9.17, 15) is 4.39 Å². The Bertz CT molecular complexity index is 488. The minimum absolute atomic E-state index is 0.0489. The van der Waals surface area contributed by atoms with Crippen LogP contribution in [0.5, 0.6) is 0 Å². The van der Waals surface area contributed by atoms with Crippen LogP contribution in [-0.4, -0.2) is 6.04 Å². The standard InChI is InChI=1S/C12H14FNO/c1-7(14)5-10-8(2)15-12-4-3-9(13)6-11(10)12/h3-4,6-7H,5,14H2,1-2H3. The molecule has 0 fully saturated rings. The van der Waals surface area contributed by atoms with E-state index in [1.54, 1.807) is 6.07 Å². The molecule has 0 aliphatic rings. The van der Waals surface area contributed by atoms with Gasteiger partial charge in [-0.3, -0.25) is 0 Å². The number of hydrogen-bond donors (Lipinski definition) is 1. The summed E-state index contributed by atoms with van der Waals surface area (Å²) >= 11 is 0. The van der Waals surface area contributed by atoms with Crippen LogP contribution in [0.1, 0.15) is 18.2 Å². The van der Waals surface area contributed by atoms with Gasteiger partial charge in [0.1, 0.15) is 17.2 Å². The summed E-state index contributed by atoms with van der Waals surface area (Å²) in [5.41, 5.74) is 7.49. The minimum atomic E-state index is -0.241. The van der Waals surface area contributed by atoms with Gasteiger partial charge in [0.25, 0.3) is 0 Å². The van der Waals surface area contributed by atoms with Gasteiger partial charge < -0.3 is 10.2 Å². The molecule has 1 aromatic carbocycles. The molecular weight excluding hydrogens is 193 g/mol. The third-order valence-corrected chi connectivity index (χ3v) is 2.48. The van der Waals surface area contributed by atoms with Crippen molar-refractivity contribution in [3.8, 4) is 0 Å². The molecule has 0 saturated heterocycles. The largest absolute Gasteiger partial charge is 0.461 e. The summed E-state index contributed by atoms with van der Waals surface area (Å²) in [6.07, 6.45) is 0.711. The van der Waals surface area contributed by atoms with Crippen LogP contribution in [0.2, 0.25) is 0 Å². The van der Waals surface area contributed by atoms with E-state index < -0.39 is 0 Å². The molecule has 3 heteroatoms. The molecule has 1 unspecified atom stereocenters. The predicted octanol–water partition coefficient (Wildman–Crippen LogP) is 2.77. The maximum absolute atomic E-state index is 13.1. The zero-order chi connectivity index (χ0) is 11.0. The number of nitrogens with two attached hydrogens (primary N) is 1. The summed E-state index contributed by atoms with van der Waals surface area (Å²) in [6.45, 7) is 3.81. The van der Waals surface area contributed by atoms with Crippen molar-refractivity contribution in [2.75, 3.05) is 0 Å². The smallest absolute Gasteiger partial charge is 0.134 e. The molecule has 1 atom stereocenters. The lowest BCUT2D eigenvalue weighted by molar-refractivity contribution is 0.566. The van der Waals surface area contributed by atoms with E-state index >= 15 is 0 Å². The quantitative estimate of drug-likeness (QED) is 0.822. The van der Waals surface area contributed by atoms with Gasteiger partial charge in [0.15, 0.2) is 0 Å². The number of halogens is 1. The molecule has 1 aromatic heterocycles. The molecule has 0 spiro atoms. The molecule has 80 valence electrons. The Balaban J connectivity index is 2.60. The van der Waals surface area contributed by atoms with E-state index in [2.05, 4.69) is 0 Å². The predicted molar refractivity (Wildman–Crippen MR) is 58.3 cm³/mol. The first-order chi connectivity index (χ1) is 7.08. The molecular formula is C12H14FNO. The van der Waals surface area contributed by atoms with Crippen LogP contribution < -0.4 is 5.73 Å². The van der Waals surface area contributed by atoms with E-state index in [1.165, 1.54) is 12.1 Å². The maximum Gasteiger partial charge on any atom is 0.134 e. The van der Waals surface area contributed by atoms with Gasteiger partial charge in [0.05, 0.1) is 0 Å². The average molecular weight is 207 g/mol. The zero-order valence-electron chi connectivity index (χ0n) is 8.88. The second-order valence-corrected chi connectivity index (χ2v) is 3.96. The van der Waals surface area contributed by atoms with Gasteiger partial charge in [-0.05, 0) is 38.5 Å². The van der Waals surface area contributed by atoms with Gasteiger partial charge in [0, 0.05) is 17.0 Å². The Morgan fingerprint density at radius 1 is 1.47 bits per heavy atom. The third-order valence-electron chi connectivity index (χ3n) is 2.48. The van der Waals surface area contributed by atoms with E-state index in [1.807, 2.05) is 13.8 Å². The van der Waals surface area contributed by atoms with Crippen molar-refractivity contribution >= 4 is 11.0 Å². The molecule has 0 aliphatic heterocycles. The molecule has 2 N–H and O–H groups in total. The van der Waals surface area contributed by atoms with Crippen LogP contribution in [0.25, 0.3) is 11.0 Å². The lowest BCUT2D eigenvalue weighted by Crippen LogP contribution is -2.17. The molecule has 0 saturated carbocycles. The van der Waals surface area contributed by atoms with Gasteiger partial charge in [-0.25, -0.2) is 4.39 Å². The van der Waals surface area contributed by atoms with E-state index in [-0.39, 0.29) is 11.9 Å². The van der Waals surface area contributed by atoms with Crippen molar-refractivity contribution in [1.29, 1.82) is 0 Å². The van der Waals surface area contributed by atoms with Gasteiger partial charge >= 0.3 is 0 Å². The molecule has 0 amide bonds. The monoisotopic (exact) mass is 207 g/mol. The average Bonchev–Trinajstić information content (AvgIpc) is 2.43. The molecule has 2 aromatic rings. The van der Waals surface area contributed by atoms with Crippen LogP contribution in [-0.2, 0) is 6.42 Å². The van der Waals surface area contributed by atoms with Crippen LogP contribution >= 0.6 is 0 Å². The van der Waals surface area contributed by atoms with Crippen LogP contribution in [0.15, 0.2) is 22.6 Å². The SMILES string of the molecule is Cc1oc2ccc(F)cc2c1CC(C)N. The molecule has 15 heavy (non-hydrogen) atoms. The summed E-state index contributed by atoms with van der Waals surface area (Å²) in [4.78, 5) is 0. The summed E-state index contributed by atoms with van der Waals surface area (Å²) in [5, 5.41) is 0.838. The third kappa shape index (κ3) is 1.88. The zero-order valence-corrected chi connectivity index (χ0v) is 8.88. The molecule has 0 aliphatic carbocycles. The highest BCUT2D eigenvalue weighted by atomic mass is 19.1. The number of rotatable bonds is 2. The normalized spacial score (nSPS) is 13.3. The van der Waals surface area contributed by atoms with Crippen molar-refractivity contribution in [3.05, 3.63) is 35.3 Å². The number of fused-ring (bicyclic) bond motifs is 1. The fraction of sp³-hybridized carbons (Fsp3) is 0.333. The second kappa shape index (κ2) is 3.66. The Hall–Kier alpha value is -1.35. The summed E-state index contributed by atoms with van der Waals surface area (Å²) < 4.78 is 18.6. The number of furan rings is 1. The lowest BCUT2D eigenvalue weighted by Gasteiger charge is -2.03. The topological polar surface area (TPSA) is 39.2 Å². The summed E-state index contributed by atoms with van der Waals surface area (Å²) in [6, 6.07) is 4.61. The van der Waals surface area contributed by atoms with Gasteiger partial charge in [0.2, 0.25) is 0 Å². The Labute approximate surface area is 87.9 Å². The molecule has 2 rings (SSSR count). The number of aryl methyl sites for hydroxylation is 1. The van der Waals surface area contributed by atoms with Crippen LogP contribution in [0.3, 0.4) is 0 Å². The molecule has 0 radical (unpaired) electrons.